The average Bonchev–Trinajstić information content (AvgIpc) is 3.40. The van der Waals surface area contributed by atoms with Crippen molar-refractivity contribution in [2.45, 2.75) is 68.3 Å². The highest BCUT2D eigenvalue weighted by atomic mass is 16.7. The molecule has 16 heteroatoms. The van der Waals surface area contributed by atoms with E-state index in [4.69, 9.17) is 23.4 Å². The smallest absolute Gasteiger partial charge is 0.239 e. The lowest BCUT2D eigenvalue weighted by atomic mass is 10.1. The Balaban J connectivity index is 1.58. The molecule has 43 heavy (non-hydrogen) atoms. The van der Waals surface area contributed by atoms with E-state index < -0.39 is 108 Å². The zero-order valence-corrected chi connectivity index (χ0v) is 22.3. The Morgan fingerprint density at radius 2 is 1.44 bits per heavy atom. The summed E-state index contributed by atoms with van der Waals surface area (Å²) in [5, 5.41) is 100. The number of aromatic hydroxyl groups is 3. The van der Waals surface area contributed by atoms with Gasteiger partial charge in [0.25, 0.3) is 0 Å². The number of phenols is 3. The Labute approximate surface area is 241 Å². The number of hydrogen-bond acceptors (Lipinski definition) is 16. The third kappa shape index (κ3) is 5.55. The minimum Gasteiger partial charge on any atom is -0.507 e. The van der Waals surface area contributed by atoms with Gasteiger partial charge in [-0.3, -0.25) is 4.79 Å². The Morgan fingerprint density at radius 1 is 0.814 bits per heavy atom. The third-order valence-electron chi connectivity index (χ3n) is 7.19. The molecule has 3 heterocycles. The summed E-state index contributed by atoms with van der Waals surface area (Å²) >= 11 is 0. The lowest BCUT2D eigenvalue weighted by molar-refractivity contribution is -0.137. The van der Waals surface area contributed by atoms with Gasteiger partial charge in [-0.1, -0.05) is 0 Å². The van der Waals surface area contributed by atoms with Gasteiger partial charge >= 0.3 is 0 Å². The van der Waals surface area contributed by atoms with Crippen LogP contribution in [-0.2, 0) is 9.47 Å². The normalized spacial score (nSPS) is 30.4. The molecule has 234 valence electrons. The van der Waals surface area contributed by atoms with Gasteiger partial charge < -0.3 is 74.4 Å². The van der Waals surface area contributed by atoms with Gasteiger partial charge in [-0.25, -0.2) is 0 Å². The molecule has 0 spiro atoms. The van der Waals surface area contributed by atoms with E-state index in [1.165, 1.54) is 13.0 Å². The predicted molar refractivity (Wildman–Crippen MR) is 140 cm³/mol. The largest absolute Gasteiger partial charge is 0.507 e. The Morgan fingerprint density at radius 3 is 2.05 bits per heavy atom. The standard InChI is InChI=1S/C27H30O16/c1-8(29)22-18(35)20(37)26(41-22)39-10-5-13(32)16-15(6-10)40-23(9-2-3-11(30)12(31)4-9)25(17(16)34)43-27-21(38)19(36)24(42-27)14(33)7-28/h2-6,8,14,18-22,24,26-33,35-38H,7H2,1H3/t8-,14+,18-,19+,20+,21+,22-,24+,26+,27-/m0/s1. The molecule has 0 aliphatic carbocycles. The van der Waals surface area contributed by atoms with E-state index in [0.29, 0.717) is 0 Å². The van der Waals surface area contributed by atoms with Gasteiger partial charge in [-0.05, 0) is 25.1 Å². The highest BCUT2D eigenvalue weighted by Crippen LogP contribution is 2.40. The van der Waals surface area contributed by atoms with Crippen LogP contribution in [0.25, 0.3) is 22.3 Å². The van der Waals surface area contributed by atoms with E-state index >= 15 is 0 Å². The zero-order chi connectivity index (χ0) is 31.3. The average molecular weight is 611 g/mol. The maximum absolute atomic E-state index is 13.7. The van der Waals surface area contributed by atoms with Crippen LogP contribution in [0.15, 0.2) is 39.5 Å². The van der Waals surface area contributed by atoms with Crippen molar-refractivity contribution in [3.05, 3.63) is 40.6 Å². The monoisotopic (exact) mass is 610 g/mol. The molecule has 0 bridgehead atoms. The molecule has 2 aromatic carbocycles. The molecule has 5 rings (SSSR count). The number of aliphatic hydroxyl groups excluding tert-OH is 7. The van der Waals surface area contributed by atoms with Crippen LogP contribution in [0, 0.1) is 0 Å². The molecule has 3 aromatic rings. The molecular formula is C27H30O16. The van der Waals surface area contributed by atoms with Crippen LogP contribution in [0.4, 0.5) is 0 Å². The number of fused-ring (bicyclic) bond motifs is 1. The van der Waals surface area contributed by atoms with Crippen LogP contribution < -0.4 is 14.9 Å². The topological polar surface area (TPSA) is 269 Å². The maximum atomic E-state index is 13.7. The second-order valence-corrected chi connectivity index (χ2v) is 10.2. The molecule has 0 radical (unpaired) electrons. The SMILES string of the molecule is C[C@H](O)[C@@H]1O[C@@H](Oc2cc(O)c3c(=O)c(O[C@@H]4O[C@H]([C@H](O)CO)[C@H](O)[C@H]4O)c(-c4ccc(O)c(O)c4)oc3c2)[C@H](O)[C@@H]1O. The van der Waals surface area contributed by atoms with Crippen LogP contribution in [0.2, 0.25) is 0 Å². The Kier molecular flexibility index (Phi) is 8.41. The first kappa shape index (κ1) is 30.7. The van der Waals surface area contributed by atoms with E-state index in [1.54, 1.807) is 0 Å². The number of phenolic OH excluding ortho intramolecular Hbond substituents is 3. The van der Waals surface area contributed by atoms with Crippen LogP contribution in [0.1, 0.15) is 6.92 Å². The minimum atomic E-state index is -1.81. The second-order valence-electron chi connectivity index (χ2n) is 10.2. The van der Waals surface area contributed by atoms with Gasteiger partial charge in [0.15, 0.2) is 17.3 Å². The van der Waals surface area contributed by atoms with E-state index in [2.05, 4.69) is 0 Å². The summed E-state index contributed by atoms with van der Waals surface area (Å²) in [7, 11) is 0. The first-order chi connectivity index (χ1) is 20.3. The highest BCUT2D eigenvalue weighted by Gasteiger charge is 2.48. The molecule has 2 aliphatic heterocycles. The first-order valence-electron chi connectivity index (χ1n) is 13.0. The number of benzene rings is 2. The summed E-state index contributed by atoms with van der Waals surface area (Å²) in [6, 6.07) is 5.46. The Bertz CT molecular complexity index is 1540. The van der Waals surface area contributed by atoms with Crippen LogP contribution in [0.5, 0.6) is 28.7 Å². The first-order valence-corrected chi connectivity index (χ1v) is 13.0. The minimum absolute atomic E-state index is 0.0347. The van der Waals surface area contributed by atoms with Crippen molar-refractivity contribution in [3.8, 4) is 40.1 Å². The summed E-state index contributed by atoms with van der Waals surface area (Å²) in [5.41, 5.74) is -1.37. The van der Waals surface area contributed by atoms with Crippen LogP contribution in [-0.4, -0.2) is 119 Å². The fourth-order valence-corrected chi connectivity index (χ4v) is 4.90. The molecule has 10 atom stereocenters. The van der Waals surface area contributed by atoms with Gasteiger partial charge in [0, 0.05) is 17.7 Å². The van der Waals surface area contributed by atoms with Crippen molar-refractivity contribution >= 4 is 11.0 Å². The van der Waals surface area contributed by atoms with Crippen LogP contribution in [0.3, 0.4) is 0 Å². The van der Waals surface area contributed by atoms with Crippen molar-refractivity contribution in [1.82, 2.24) is 0 Å². The van der Waals surface area contributed by atoms with Gasteiger partial charge in [0.05, 0.1) is 12.7 Å². The molecule has 10 N–H and O–H groups in total. The lowest BCUT2D eigenvalue weighted by Gasteiger charge is -2.20. The van der Waals surface area contributed by atoms with Gasteiger partial charge in [-0.15, -0.1) is 0 Å². The van der Waals surface area contributed by atoms with Crippen molar-refractivity contribution < 1.29 is 74.4 Å². The van der Waals surface area contributed by atoms with Crippen molar-refractivity contribution in [2.24, 2.45) is 0 Å². The van der Waals surface area contributed by atoms with E-state index in [-0.39, 0.29) is 16.9 Å². The number of ether oxygens (including phenoxy) is 4. The number of aliphatic hydroxyl groups is 7. The fraction of sp³-hybridized carbons (Fsp3) is 0.444. The molecule has 0 unspecified atom stereocenters. The summed E-state index contributed by atoms with van der Waals surface area (Å²) in [5.74, 6) is -3.08. The van der Waals surface area contributed by atoms with Gasteiger partial charge in [0.1, 0.15) is 65.2 Å². The highest BCUT2D eigenvalue weighted by molar-refractivity contribution is 5.88. The lowest BCUT2D eigenvalue weighted by Crippen LogP contribution is -2.40. The Hall–Kier alpha value is -3.71. The van der Waals surface area contributed by atoms with E-state index in [0.717, 1.165) is 24.3 Å². The van der Waals surface area contributed by atoms with Gasteiger partial charge in [0.2, 0.25) is 23.8 Å². The molecule has 2 aliphatic rings. The maximum Gasteiger partial charge on any atom is 0.239 e. The summed E-state index contributed by atoms with van der Waals surface area (Å²) in [6.45, 7) is 0.518. The molecular weight excluding hydrogens is 580 g/mol. The molecule has 1 aromatic heterocycles. The molecule has 2 fully saturated rings. The molecule has 0 saturated carbocycles. The summed E-state index contributed by atoms with van der Waals surface area (Å²) < 4.78 is 27.8. The van der Waals surface area contributed by atoms with E-state index in [9.17, 15) is 55.9 Å². The summed E-state index contributed by atoms with van der Waals surface area (Å²) in [4.78, 5) is 13.7. The fourth-order valence-electron chi connectivity index (χ4n) is 4.90. The summed E-state index contributed by atoms with van der Waals surface area (Å²) in [6.07, 6.45) is -15.3. The zero-order valence-electron chi connectivity index (χ0n) is 22.3. The van der Waals surface area contributed by atoms with E-state index in [1.807, 2.05) is 0 Å². The molecule has 2 saturated heterocycles. The van der Waals surface area contributed by atoms with Gasteiger partial charge in [-0.2, -0.15) is 0 Å². The molecule has 0 amide bonds. The third-order valence-corrected chi connectivity index (χ3v) is 7.19. The van der Waals surface area contributed by atoms with Crippen molar-refractivity contribution in [3.63, 3.8) is 0 Å². The van der Waals surface area contributed by atoms with Crippen molar-refractivity contribution in [2.75, 3.05) is 6.61 Å². The number of rotatable bonds is 8. The molecule has 16 nitrogen and oxygen atoms in total. The quantitative estimate of drug-likeness (QED) is 0.123. The predicted octanol–water partition coefficient (Wildman–Crippen LogP) is -2.04. The second kappa shape index (κ2) is 11.8. The van der Waals surface area contributed by atoms with Crippen molar-refractivity contribution in [1.29, 1.82) is 0 Å². The van der Waals surface area contributed by atoms with Crippen LogP contribution >= 0.6 is 0 Å². The number of hydrogen-bond donors (Lipinski definition) is 10.